The average molecular weight is 783 g/mol. The van der Waals surface area contributed by atoms with Gasteiger partial charge in [-0.05, 0) is 130 Å². The largest absolute Gasteiger partial charge is 0.530 e. The van der Waals surface area contributed by atoms with Gasteiger partial charge in [0.15, 0.2) is 0 Å². The fourth-order valence-corrected chi connectivity index (χ4v) is 7.87. The molecule has 4 aromatic carbocycles. The van der Waals surface area contributed by atoms with Crippen LogP contribution in [0.2, 0.25) is 0 Å². The molecule has 0 atom stereocenters. The highest BCUT2D eigenvalue weighted by molar-refractivity contribution is 7.43. The number of hydrogen-bond acceptors (Lipinski definition) is 6. The van der Waals surface area contributed by atoms with Gasteiger partial charge < -0.3 is 23.0 Å². The van der Waals surface area contributed by atoms with Crippen molar-refractivity contribution in [3.63, 3.8) is 0 Å². The Morgan fingerprint density at radius 1 is 0.554 bits per heavy atom. The molecule has 0 aliphatic heterocycles. The number of carbonyl (C=O) groups is 1. The van der Waals surface area contributed by atoms with E-state index in [0.717, 1.165) is 66.8 Å². The van der Waals surface area contributed by atoms with Crippen LogP contribution >= 0.6 is 8.60 Å². The molecule has 0 amide bonds. The first kappa shape index (κ1) is 44.7. The maximum Gasteiger partial charge on any atom is 0.530 e. The van der Waals surface area contributed by atoms with E-state index in [1.807, 2.05) is 32.9 Å². The van der Waals surface area contributed by atoms with Crippen molar-refractivity contribution in [2.45, 2.75) is 160 Å². The fourth-order valence-electron chi connectivity index (χ4n) is 6.77. The molecule has 56 heavy (non-hydrogen) atoms. The van der Waals surface area contributed by atoms with E-state index >= 15 is 0 Å². The summed E-state index contributed by atoms with van der Waals surface area (Å²) < 4.78 is 33.4. The maximum atomic E-state index is 13.5. The van der Waals surface area contributed by atoms with E-state index in [9.17, 15) is 4.79 Å². The van der Waals surface area contributed by atoms with Crippen molar-refractivity contribution in [2.24, 2.45) is 0 Å². The number of carbonyl (C=O) groups excluding carboxylic acids is 1. The second-order valence-corrected chi connectivity index (χ2v) is 20.1. The van der Waals surface area contributed by atoms with Gasteiger partial charge in [0.2, 0.25) is 0 Å². The van der Waals surface area contributed by atoms with Gasteiger partial charge in [0.25, 0.3) is 0 Å². The van der Waals surface area contributed by atoms with Crippen LogP contribution in [0, 0.1) is 41.5 Å². The highest BCUT2D eigenvalue weighted by atomic mass is 31.2. The molecular weight excluding hydrogens is 716 g/mol. The summed E-state index contributed by atoms with van der Waals surface area (Å²) in [6.45, 7) is 39.8. The highest BCUT2D eigenvalue weighted by Crippen LogP contribution is 2.54. The van der Waals surface area contributed by atoms with Crippen LogP contribution in [0.4, 0.5) is 4.79 Å². The Hall–Kier alpha value is -4.02. The summed E-state index contributed by atoms with van der Waals surface area (Å²) in [6.07, 6.45) is -0.752. The van der Waals surface area contributed by atoms with E-state index in [0.29, 0.717) is 23.0 Å². The lowest BCUT2D eigenvalue weighted by molar-refractivity contribution is 0.0205. The Labute approximate surface area is 339 Å². The van der Waals surface area contributed by atoms with Crippen molar-refractivity contribution in [3.8, 4) is 34.1 Å². The quantitative estimate of drug-likeness (QED) is 0.0907. The number of ether oxygens (including phenoxy) is 2. The van der Waals surface area contributed by atoms with Crippen molar-refractivity contribution in [1.29, 1.82) is 0 Å². The summed E-state index contributed by atoms with van der Waals surface area (Å²) in [5, 5.41) is 0. The first-order valence-corrected chi connectivity index (χ1v) is 21.0. The number of hydrogen-bond donors (Lipinski definition) is 0. The molecule has 0 saturated heterocycles. The van der Waals surface area contributed by atoms with Crippen LogP contribution in [0.5, 0.6) is 23.0 Å². The topological polar surface area (TPSA) is 63.2 Å². The predicted octanol–water partition coefficient (Wildman–Crippen LogP) is 15.1. The molecule has 304 valence electrons. The molecule has 0 aliphatic rings. The molecular formula is C49H67O6P. The first-order chi connectivity index (χ1) is 25.7. The van der Waals surface area contributed by atoms with E-state index < -0.39 is 20.4 Å². The minimum atomic E-state index is -2.12. The fraction of sp³-hybridized carbons (Fsp3) is 0.490. The predicted molar refractivity (Wildman–Crippen MR) is 234 cm³/mol. The summed E-state index contributed by atoms with van der Waals surface area (Å²) in [5.41, 5.74) is 11.0. The molecule has 7 heteroatoms. The monoisotopic (exact) mass is 782 g/mol. The van der Waals surface area contributed by atoms with Crippen LogP contribution in [0.25, 0.3) is 11.1 Å². The molecule has 0 heterocycles. The minimum absolute atomic E-state index is 0.0445. The molecule has 0 unspecified atom stereocenters. The van der Waals surface area contributed by atoms with Gasteiger partial charge in [-0.1, -0.05) is 117 Å². The molecule has 0 saturated carbocycles. The third-order valence-electron chi connectivity index (χ3n) is 10.1. The van der Waals surface area contributed by atoms with Crippen LogP contribution in [0.3, 0.4) is 0 Å². The maximum absolute atomic E-state index is 13.5. The first-order valence-electron chi connectivity index (χ1n) is 19.9. The van der Waals surface area contributed by atoms with Gasteiger partial charge in [-0.15, -0.1) is 0 Å². The minimum Gasteiger partial charge on any atom is -0.428 e. The Bertz CT molecular complexity index is 2010. The number of rotatable bonds is 10. The SMILES string of the molecule is Cc1ccc(OP(Oc2ccc(C)cc2C(C)(C)C)Oc2c(C(C)C)cc(C)c(C)c2-c2c(C)c(C)cc(C(C)C)c2OC(=O)OC(C)(C)C)c(C(C)(C)C)c1. The summed E-state index contributed by atoms with van der Waals surface area (Å²) in [4.78, 5) is 13.5. The third-order valence-corrected chi connectivity index (χ3v) is 11.1. The molecule has 4 rings (SSSR count). The molecule has 0 bridgehead atoms. The second-order valence-electron chi connectivity index (χ2n) is 19.1. The van der Waals surface area contributed by atoms with E-state index in [1.54, 1.807) is 0 Å². The van der Waals surface area contributed by atoms with Crippen molar-refractivity contribution >= 4 is 14.8 Å². The number of aryl methyl sites for hydroxylation is 4. The molecule has 0 N–H and O–H groups in total. The van der Waals surface area contributed by atoms with Gasteiger partial charge in [0.05, 0.1) is 0 Å². The zero-order valence-electron chi connectivity index (χ0n) is 37.7. The third kappa shape index (κ3) is 10.5. The molecule has 0 fully saturated rings. The van der Waals surface area contributed by atoms with Gasteiger partial charge in [0, 0.05) is 22.3 Å². The van der Waals surface area contributed by atoms with Crippen LogP contribution < -0.4 is 18.3 Å². The van der Waals surface area contributed by atoms with E-state index in [2.05, 4.69) is 147 Å². The van der Waals surface area contributed by atoms with Gasteiger partial charge in [-0.3, -0.25) is 0 Å². The Morgan fingerprint density at radius 3 is 1.32 bits per heavy atom. The van der Waals surface area contributed by atoms with E-state index in [1.165, 1.54) is 0 Å². The lowest BCUT2D eigenvalue weighted by atomic mass is 9.84. The van der Waals surface area contributed by atoms with Gasteiger partial charge in [-0.25, -0.2) is 4.79 Å². The Kier molecular flexibility index (Phi) is 13.4. The van der Waals surface area contributed by atoms with Crippen LogP contribution in [0.1, 0.15) is 157 Å². The Morgan fingerprint density at radius 2 is 0.946 bits per heavy atom. The number of benzene rings is 4. The summed E-state index contributed by atoms with van der Waals surface area (Å²) in [5.74, 6) is 2.64. The van der Waals surface area contributed by atoms with Crippen LogP contribution in [-0.4, -0.2) is 11.8 Å². The summed E-state index contributed by atoms with van der Waals surface area (Å²) in [6, 6.07) is 16.9. The molecule has 0 aromatic heterocycles. The summed E-state index contributed by atoms with van der Waals surface area (Å²) in [7, 11) is -2.12. The smallest absolute Gasteiger partial charge is 0.428 e. The van der Waals surface area contributed by atoms with Crippen molar-refractivity contribution in [2.75, 3.05) is 0 Å². The van der Waals surface area contributed by atoms with Gasteiger partial charge in [-0.2, -0.15) is 0 Å². The van der Waals surface area contributed by atoms with Crippen LogP contribution in [0.15, 0.2) is 48.5 Å². The van der Waals surface area contributed by atoms with Crippen LogP contribution in [-0.2, 0) is 15.6 Å². The molecule has 0 aliphatic carbocycles. The standard InChI is InChI=1S/C49H67O6P/c1-28(2)36-26-32(7)34(9)42(44(36)51-46(50)52-49(17,18)19)43-35(10)33(8)27-37(29(3)4)45(43)55-56(53-40-22-20-30(5)24-38(40)47(11,12)13)54-41-23-21-31(6)25-39(41)48(14,15)16/h20-29H,1-19H3. The lowest BCUT2D eigenvalue weighted by Crippen LogP contribution is -2.26. The molecule has 0 spiro atoms. The van der Waals surface area contributed by atoms with Crippen molar-refractivity contribution in [1.82, 2.24) is 0 Å². The highest BCUT2D eigenvalue weighted by Gasteiger charge is 2.34. The molecule has 4 aromatic rings. The zero-order valence-corrected chi connectivity index (χ0v) is 38.6. The van der Waals surface area contributed by atoms with Gasteiger partial charge >= 0.3 is 14.8 Å². The average Bonchev–Trinajstić information content (AvgIpc) is 3.04. The second kappa shape index (κ2) is 16.8. The Balaban J connectivity index is 2.10. The summed E-state index contributed by atoms with van der Waals surface area (Å²) >= 11 is 0. The van der Waals surface area contributed by atoms with Crippen molar-refractivity contribution < 1.29 is 27.8 Å². The lowest BCUT2D eigenvalue weighted by Gasteiger charge is -2.30. The zero-order chi connectivity index (χ0) is 42.2. The normalized spacial score (nSPS) is 12.4. The van der Waals surface area contributed by atoms with E-state index in [4.69, 9.17) is 23.0 Å². The molecule has 6 nitrogen and oxygen atoms in total. The van der Waals surface area contributed by atoms with Gasteiger partial charge in [0.1, 0.15) is 28.6 Å². The molecule has 0 radical (unpaired) electrons. The van der Waals surface area contributed by atoms with E-state index in [-0.39, 0.29) is 22.7 Å². The van der Waals surface area contributed by atoms with Crippen molar-refractivity contribution in [3.05, 3.63) is 104 Å².